The molecule has 1 aliphatic heterocycles. The summed E-state index contributed by atoms with van der Waals surface area (Å²) >= 11 is 4.86. The number of halogens is 1. The van der Waals surface area contributed by atoms with Crippen LogP contribution < -0.4 is 5.32 Å². The van der Waals surface area contributed by atoms with Crippen molar-refractivity contribution in [2.45, 2.75) is 6.42 Å². The molecular weight excluding hydrogens is 130 g/mol. The molecule has 1 fully saturated rings. The zero-order valence-electron chi connectivity index (χ0n) is 3.94. The van der Waals surface area contributed by atoms with Crippen molar-refractivity contribution in [1.82, 2.24) is 5.32 Å². The van der Waals surface area contributed by atoms with Crippen LogP contribution in [0.15, 0.2) is 0 Å². The van der Waals surface area contributed by atoms with Crippen LogP contribution in [0.5, 0.6) is 0 Å². The van der Waals surface area contributed by atoms with Crippen molar-refractivity contribution >= 4 is 29.5 Å². The lowest BCUT2D eigenvalue weighted by atomic mass is 10.4. The molecule has 0 aromatic carbocycles. The van der Waals surface area contributed by atoms with E-state index in [1.165, 1.54) is 4.86 Å². The number of rotatable bonds is 0. The van der Waals surface area contributed by atoms with E-state index in [-0.39, 0.29) is 12.4 Å². The number of thiocarbonyl (C=S) groups is 1. The molecule has 1 heterocycles. The fourth-order valence-corrected chi connectivity index (χ4v) is 0.748. The Labute approximate surface area is 54.9 Å². The first-order valence-electron chi connectivity index (χ1n) is 2.12. The monoisotopic (exact) mass is 137 g/mol. The van der Waals surface area contributed by atoms with E-state index in [2.05, 4.69) is 5.32 Å². The van der Waals surface area contributed by atoms with Crippen LogP contribution in [0.25, 0.3) is 0 Å². The average Bonchev–Trinajstić information content (AvgIpc) is 1.86. The average molecular weight is 138 g/mol. The summed E-state index contributed by atoms with van der Waals surface area (Å²) < 4.78 is 0. The molecule has 1 saturated heterocycles. The Bertz CT molecular complexity index is 66.1. The van der Waals surface area contributed by atoms with Gasteiger partial charge in [-0.15, -0.1) is 12.4 Å². The summed E-state index contributed by atoms with van der Waals surface area (Å²) in [5, 5.41) is 3.13. The molecule has 1 nitrogen and oxygen atoms in total. The lowest BCUT2D eigenvalue weighted by molar-refractivity contribution is 0.863. The van der Waals surface area contributed by atoms with Gasteiger partial charge in [-0.2, -0.15) is 0 Å². The Kier molecular flexibility index (Phi) is 3.52. The number of hydrogen-bond donors (Lipinski definition) is 1. The van der Waals surface area contributed by atoms with Crippen molar-refractivity contribution < 1.29 is 0 Å². The summed E-state index contributed by atoms with van der Waals surface area (Å²) in [6.45, 7) is 2.06. The van der Waals surface area contributed by atoms with Crippen LogP contribution in [0.3, 0.4) is 0 Å². The lowest BCUT2D eigenvalue weighted by Gasteiger charge is -1.77. The van der Waals surface area contributed by atoms with Crippen LogP contribution in [0.2, 0.25) is 0 Å². The highest BCUT2D eigenvalue weighted by molar-refractivity contribution is 7.80. The molecule has 0 aromatic rings. The maximum absolute atomic E-state index is 4.86. The molecule has 1 aliphatic rings. The molecule has 1 N–H and O–H groups in total. The lowest BCUT2D eigenvalue weighted by Crippen LogP contribution is -2.06. The quantitative estimate of drug-likeness (QED) is 0.495. The highest BCUT2D eigenvalue weighted by atomic mass is 35.5. The highest BCUT2D eigenvalue weighted by Crippen LogP contribution is 1.89. The van der Waals surface area contributed by atoms with Gasteiger partial charge < -0.3 is 5.32 Å². The van der Waals surface area contributed by atoms with Crippen molar-refractivity contribution in [3.05, 3.63) is 0 Å². The largest absolute Gasteiger partial charge is 0.312 e. The van der Waals surface area contributed by atoms with Gasteiger partial charge in [0.15, 0.2) is 0 Å². The maximum atomic E-state index is 4.86. The molecule has 1 rings (SSSR count). The standard InChI is InChI=1S/C4H7NS.ClH/c6-4-1-2-5-3-4;/h5H,1-3H2;1H. The summed E-state index contributed by atoms with van der Waals surface area (Å²) in [5.41, 5.74) is 0. The zero-order valence-corrected chi connectivity index (χ0v) is 5.57. The van der Waals surface area contributed by atoms with Crippen LogP contribution in [0.1, 0.15) is 6.42 Å². The molecule has 7 heavy (non-hydrogen) atoms. The number of hydrogen-bond acceptors (Lipinski definition) is 2. The van der Waals surface area contributed by atoms with Gasteiger partial charge in [-0.05, 0) is 6.42 Å². The van der Waals surface area contributed by atoms with Gasteiger partial charge in [0, 0.05) is 18.0 Å². The topological polar surface area (TPSA) is 12.0 Å². The van der Waals surface area contributed by atoms with Gasteiger partial charge in [0.05, 0.1) is 0 Å². The Morgan fingerprint density at radius 2 is 2.29 bits per heavy atom. The van der Waals surface area contributed by atoms with Crippen molar-refractivity contribution in [2.24, 2.45) is 0 Å². The molecule has 42 valence electrons. The normalized spacial score (nSPS) is 19.1. The van der Waals surface area contributed by atoms with E-state index in [0.717, 1.165) is 19.5 Å². The molecule has 0 bridgehead atoms. The minimum Gasteiger partial charge on any atom is -0.312 e. The second-order valence-electron chi connectivity index (χ2n) is 1.47. The van der Waals surface area contributed by atoms with E-state index in [1.807, 2.05) is 0 Å². The first-order valence-corrected chi connectivity index (χ1v) is 2.53. The van der Waals surface area contributed by atoms with Crippen LogP contribution in [0.4, 0.5) is 0 Å². The molecule has 0 unspecified atom stereocenters. The van der Waals surface area contributed by atoms with E-state index >= 15 is 0 Å². The number of nitrogens with one attached hydrogen (secondary N) is 1. The summed E-state index contributed by atoms with van der Waals surface area (Å²) in [5.74, 6) is 0. The molecule has 0 atom stereocenters. The second-order valence-corrected chi connectivity index (χ2v) is 2.04. The zero-order chi connectivity index (χ0) is 4.41. The third kappa shape index (κ3) is 2.22. The smallest absolute Gasteiger partial charge is 0.0269 e. The van der Waals surface area contributed by atoms with Gasteiger partial charge in [-0.1, -0.05) is 12.2 Å². The summed E-state index contributed by atoms with van der Waals surface area (Å²) in [7, 11) is 0. The fraction of sp³-hybridized carbons (Fsp3) is 0.750. The van der Waals surface area contributed by atoms with Crippen LogP contribution >= 0.6 is 24.6 Å². The van der Waals surface area contributed by atoms with E-state index < -0.39 is 0 Å². The maximum Gasteiger partial charge on any atom is 0.0269 e. The summed E-state index contributed by atoms with van der Waals surface area (Å²) in [4.78, 5) is 1.18. The SMILES string of the molecule is Cl.S=C1CCNC1. The Balaban J connectivity index is 0.000000360. The molecule has 3 heteroatoms. The predicted octanol–water partition coefficient (Wildman–Crippen LogP) is 0.771. The third-order valence-corrected chi connectivity index (χ3v) is 1.25. The minimum atomic E-state index is 0. The van der Waals surface area contributed by atoms with Gasteiger partial charge in [0.25, 0.3) is 0 Å². The highest BCUT2D eigenvalue weighted by Gasteiger charge is 2.01. The summed E-state index contributed by atoms with van der Waals surface area (Å²) in [6.07, 6.45) is 1.11. The molecular formula is C4H8ClNS. The van der Waals surface area contributed by atoms with E-state index in [9.17, 15) is 0 Å². The van der Waals surface area contributed by atoms with Crippen molar-refractivity contribution in [2.75, 3.05) is 13.1 Å². The molecule has 0 saturated carbocycles. The van der Waals surface area contributed by atoms with Gasteiger partial charge >= 0.3 is 0 Å². The Hall–Kier alpha value is 0.340. The molecule has 0 radical (unpaired) electrons. The van der Waals surface area contributed by atoms with E-state index in [1.54, 1.807) is 0 Å². The first-order chi connectivity index (χ1) is 2.89. The second kappa shape index (κ2) is 3.36. The van der Waals surface area contributed by atoms with Crippen LogP contribution in [0, 0.1) is 0 Å². The van der Waals surface area contributed by atoms with Gasteiger partial charge in [0.1, 0.15) is 0 Å². The van der Waals surface area contributed by atoms with Crippen LogP contribution in [-0.4, -0.2) is 18.0 Å². The van der Waals surface area contributed by atoms with Gasteiger partial charge in [-0.3, -0.25) is 0 Å². The van der Waals surface area contributed by atoms with Crippen molar-refractivity contribution in [3.8, 4) is 0 Å². The molecule has 0 aliphatic carbocycles. The Morgan fingerprint density at radius 3 is 2.43 bits per heavy atom. The van der Waals surface area contributed by atoms with E-state index in [0.29, 0.717) is 0 Å². The molecule has 0 spiro atoms. The minimum absolute atomic E-state index is 0. The van der Waals surface area contributed by atoms with Crippen molar-refractivity contribution in [1.29, 1.82) is 0 Å². The first kappa shape index (κ1) is 7.34. The Morgan fingerprint density at radius 1 is 1.57 bits per heavy atom. The predicted molar refractivity (Wildman–Crippen MR) is 37.3 cm³/mol. The third-order valence-electron chi connectivity index (χ3n) is 0.903. The van der Waals surface area contributed by atoms with Crippen LogP contribution in [-0.2, 0) is 0 Å². The molecule has 0 amide bonds. The van der Waals surface area contributed by atoms with Crippen molar-refractivity contribution in [3.63, 3.8) is 0 Å². The van der Waals surface area contributed by atoms with Gasteiger partial charge in [-0.25, -0.2) is 0 Å². The molecule has 0 aromatic heterocycles. The van der Waals surface area contributed by atoms with Gasteiger partial charge in [0.2, 0.25) is 0 Å². The fourth-order valence-electron chi connectivity index (χ4n) is 0.544. The summed E-state index contributed by atoms with van der Waals surface area (Å²) in [6, 6.07) is 0. The van der Waals surface area contributed by atoms with E-state index in [4.69, 9.17) is 12.2 Å².